The Bertz CT molecular complexity index is 673. The van der Waals surface area contributed by atoms with Crippen molar-refractivity contribution in [2.24, 2.45) is 0 Å². The summed E-state index contributed by atoms with van der Waals surface area (Å²) in [6, 6.07) is 8.73. The van der Waals surface area contributed by atoms with Gasteiger partial charge in [-0.15, -0.1) is 10.2 Å². The van der Waals surface area contributed by atoms with E-state index in [1.165, 1.54) is 11.1 Å². The van der Waals surface area contributed by atoms with E-state index in [2.05, 4.69) is 44.9 Å². The average Bonchev–Trinajstić information content (AvgIpc) is 2.99. The van der Waals surface area contributed by atoms with E-state index in [0.29, 0.717) is 0 Å². The third-order valence-electron chi connectivity index (χ3n) is 3.26. The van der Waals surface area contributed by atoms with Gasteiger partial charge >= 0.3 is 0 Å². The maximum Gasteiger partial charge on any atom is 0.234 e. The molecule has 2 aromatic heterocycles. The molecule has 0 saturated carbocycles. The molecule has 0 spiro atoms. The molecule has 0 aliphatic carbocycles. The minimum Gasteiger partial charge on any atom is -0.304 e. The molecule has 5 nitrogen and oxygen atoms in total. The largest absolute Gasteiger partial charge is 0.304 e. The first kappa shape index (κ1) is 10.2. The molecule has 1 aliphatic rings. The van der Waals surface area contributed by atoms with Crippen LogP contribution in [0.2, 0.25) is 0 Å². The van der Waals surface area contributed by atoms with E-state index in [1.54, 1.807) is 22.2 Å². The lowest BCUT2D eigenvalue weighted by Gasteiger charge is -2.24. The first-order chi connectivity index (χ1) is 8.92. The highest BCUT2D eigenvalue weighted by Crippen LogP contribution is 2.30. The van der Waals surface area contributed by atoms with Crippen LogP contribution in [0.25, 0.3) is 4.96 Å². The molecule has 0 radical (unpaired) electrons. The van der Waals surface area contributed by atoms with E-state index in [1.807, 2.05) is 0 Å². The SMILES string of the molecule is c1ccc2c(c1)CCNC2c1nn2cnnc2s1. The number of benzene rings is 1. The molecular formula is C12H11N5S. The summed E-state index contributed by atoms with van der Waals surface area (Å²) in [5.41, 5.74) is 2.74. The van der Waals surface area contributed by atoms with Crippen molar-refractivity contribution in [2.75, 3.05) is 6.54 Å². The third kappa shape index (κ3) is 1.46. The van der Waals surface area contributed by atoms with Gasteiger partial charge in [0.1, 0.15) is 11.3 Å². The molecule has 4 rings (SSSR count). The van der Waals surface area contributed by atoms with Crippen LogP contribution in [0.15, 0.2) is 30.6 Å². The maximum atomic E-state index is 4.54. The van der Waals surface area contributed by atoms with Gasteiger partial charge in [-0.05, 0) is 17.5 Å². The second-order valence-electron chi connectivity index (χ2n) is 4.33. The summed E-state index contributed by atoms with van der Waals surface area (Å²) in [6.45, 7) is 0.988. The Balaban J connectivity index is 1.84. The molecule has 1 aromatic carbocycles. The average molecular weight is 257 g/mol. The molecule has 1 aliphatic heterocycles. The summed E-state index contributed by atoms with van der Waals surface area (Å²) < 4.78 is 1.74. The molecule has 3 aromatic rings. The molecule has 0 saturated heterocycles. The van der Waals surface area contributed by atoms with E-state index in [9.17, 15) is 0 Å². The van der Waals surface area contributed by atoms with E-state index >= 15 is 0 Å². The summed E-state index contributed by atoms with van der Waals surface area (Å²) in [5.74, 6) is 0. The summed E-state index contributed by atoms with van der Waals surface area (Å²) in [5, 5.41) is 17.0. The molecule has 0 amide bonds. The zero-order chi connectivity index (χ0) is 11.9. The van der Waals surface area contributed by atoms with E-state index < -0.39 is 0 Å². The van der Waals surface area contributed by atoms with Crippen molar-refractivity contribution in [3.05, 3.63) is 46.7 Å². The van der Waals surface area contributed by atoms with Gasteiger partial charge in [0.15, 0.2) is 0 Å². The number of nitrogens with zero attached hydrogens (tertiary/aromatic N) is 4. The maximum absolute atomic E-state index is 4.54. The normalized spacial score (nSPS) is 19.0. The van der Waals surface area contributed by atoms with Crippen LogP contribution >= 0.6 is 11.3 Å². The zero-order valence-corrected chi connectivity index (χ0v) is 10.4. The van der Waals surface area contributed by atoms with Crippen molar-refractivity contribution in [1.29, 1.82) is 0 Å². The van der Waals surface area contributed by atoms with E-state index in [-0.39, 0.29) is 6.04 Å². The predicted octanol–water partition coefficient (Wildman–Crippen LogP) is 1.42. The van der Waals surface area contributed by atoms with Crippen LogP contribution in [0.1, 0.15) is 22.2 Å². The van der Waals surface area contributed by atoms with Crippen LogP contribution in [0.5, 0.6) is 0 Å². The quantitative estimate of drug-likeness (QED) is 0.716. The summed E-state index contributed by atoms with van der Waals surface area (Å²) >= 11 is 1.59. The van der Waals surface area contributed by atoms with Crippen molar-refractivity contribution in [1.82, 2.24) is 25.1 Å². The van der Waals surface area contributed by atoms with E-state index in [0.717, 1.165) is 22.9 Å². The van der Waals surface area contributed by atoms with Crippen molar-refractivity contribution in [3.63, 3.8) is 0 Å². The number of hydrogen-bond acceptors (Lipinski definition) is 5. The van der Waals surface area contributed by atoms with Crippen molar-refractivity contribution in [3.8, 4) is 0 Å². The van der Waals surface area contributed by atoms with Crippen molar-refractivity contribution < 1.29 is 0 Å². The Morgan fingerprint density at radius 3 is 3.22 bits per heavy atom. The third-order valence-corrected chi connectivity index (χ3v) is 4.24. The Morgan fingerprint density at radius 1 is 1.33 bits per heavy atom. The minimum absolute atomic E-state index is 0.182. The van der Waals surface area contributed by atoms with Crippen molar-refractivity contribution in [2.45, 2.75) is 12.5 Å². The van der Waals surface area contributed by atoms with Gasteiger partial charge in [0, 0.05) is 6.54 Å². The molecular weight excluding hydrogens is 246 g/mol. The molecule has 0 fully saturated rings. The van der Waals surface area contributed by atoms with Crippen LogP contribution in [0.4, 0.5) is 0 Å². The standard InChI is InChI=1S/C12H11N5S/c1-2-4-9-8(3-1)5-6-13-10(9)11-16-17-7-14-15-12(17)18-11/h1-4,7,10,13H,5-6H2. The van der Waals surface area contributed by atoms with Crippen LogP contribution in [-0.4, -0.2) is 26.4 Å². The number of fused-ring (bicyclic) bond motifs is 2. The summed E-state index contributed by atoms with van der Waals surface area (Å²) in [7, 11) is 0. The first-order valence-corrected chi connectivity index (χ1v) is 6.71. The van der Waals surface area contributed by atoms with Gasteiger partial charge in [-0.1, -0.05) is 35.6 Å². The fourth-order valence-corrected chi connectivity index (χ4v) is 3.33. The smallest absolute Gasteiger partial charge is 0.234 e. The summed E-state index contributed by atoms with van der Waals surface area (Å²) in [4.78, 5) is 0.842. The molecule has 1 atom stereocenters. The molecule has 90 valence electrons. The number of aromatic nitrogens is 4. The first-order valence-electron chi connectivity index (χ1n) is 5.90. The van der Waals surface area contributed by atoms with Gasteiger partial charge < -0.3 is 5.32 Å². The minimum atomic E-state index is 0.182. The predicted molar refractivity (Wildman–Crippen MR) is 68.7 cm³/mol. The fraction of sp³-hybridized carbons (Fsp3) is 0.250. The number of nitrogens with one attached hydrogen (secondary N) is 1. The molecule has 3 heterocycles. The Hall–Kier alpha value is -1.79. The van der Waals surface area contributed by atoms with Gasteiger partial charge in [-0.2, -0.15) is 9.61 Å². The lowest BCUT2D eigenvalue weighted by atomic mass is 9.95. The van der Waals surface area contributed by atoms with Gasteiger partial charge in [0.2, 0.25) is 4.96 Å². The van der Waals surface area contributed by atoms with Gasteiger partial charge in [0.25, 0.3) is 0 Å². The fourth-order valence-electron chi connectivity index (χ4n) is 2.42. The highest BCUT2D eigenvalue weighted by molar-refractivity contribution is 7.16. The lowest BCUT2D eigenvalue weighted by molar-refractivity contribution is 0.559. The van der Waals surface area contributed by atoms with Crippen LogP contribution in [0, 0.1) is 0 Å². The number of hydrogen-bond donors (Lipinski definition) is 1. The van der Waals surface area contributed by atoms with Gasteiger partial charge in [-0.3, -0.25) is 0 Å². The summed E-state index contributed by atoms with van der Waals surface area (Å²) in [6.07, 6.45) is 2.72. The molecule has 6 heteroatoms. The molecule has 18 heavy (non-hydrogen) atoms. The molecule has 0 bridgehead atoms. The monoisotopic (exact) mass is 257 g/mol. The van der Waals surface area contributed by atoms with Crippen molar-refractivity contribution >= 4 is 16.3 Å². The zero-order valence-electron chi connectivity index (χ0n) is 9.58. The van der Waals surface area contributed by atoms with Gasteiger partial charge in [0.05, 0.1) is 6.04 Å². The van der Waals surface area contributed by atoms with Crippen LogP contribution in [-0.2, 0) is 6.42 Å². The van der Waals surface area contributed by atoms with E-state index in [4.69, 9.17) is 0 Å². The Morgan fingerprint density at radius 2 is 2.28 bits per heavy atom. The topological polar surface area (TPSA) is 55.1 Å². The van der Waals surface area contributed by atoms with Crippen LogP contribution < -0.4 is 5.32 Å². The Kier molecular flexibility index (Phi) is 2.18. The lowest BCUT2D eigenvalue weighted by Crippen LogP contribution is -2.30. The highest BCUT2D eigenvalue weighted by atomic mass is 32.1. The number of rotatable bonds is 1. The second-order valence-corrected chi connectivity index (χ2v) is 5.32. The van der Waals surface area contributed by atoms with Gasteiger partial charge in [-0.25, -0.2) is 0 Å². The Labute approximate surface area is 107 Å². The molecule has 1 N–H and O–H groups in total. The second kappa shape index (κ2) is 3.86. The molecule has 1 unspecified atom stereocenters. The highest BCUT2D eigenvalue weighted by Gasteiger charge is 2.24. The van der Waals surface area contributed by atoms with Crippen LogP contribution in [0.3, 0.4) is 0 Å².